The van der Waals surface area contributed by atoms with Crippen molar-refractivity contribution in [2.24, 2.45) is 0 Å². The Balaban J connectivity index is 1.88. The topological polar surface area (TPSA) is 21.3 Å². The van der Waals surface area contributed by atoms with Crippen LogP contribution in [0.1, 0.15) is 47.6 Å². The molecule has 1 aliphatic rings. The van der Waals surface area contributed by atoms with Crippen molar-refractivity contribution in [3.63, 3.8) is 0 Å². The second-order valence-electron chi connectivity index (χ2n) is 7.31. The number of hydrogen-bond donors (Lipinski definition) is 1. The van der Waals surface area contributed by atoms with Gasteiger partial charge in [0.15, 0.2) is 0 Å². The summed E-state index contributed by atoms with van der Waals surface area (Å²) in [6.45, 7) is 2.52. The van der Waals surface area contributed by atoms with Crippen LogP contribution in [-0.2, 0) is 17.1 Å². The van der Waals surface area contributed by atoms with Gasteiger partial charge in [-0.05, 0) is 61.3 Å². The summed E-state index contributed by atoms with van der Waals surface area (Å²) in [6, 6.07) is 7.27. The van der Waals surface area contributed by atoms with Gasteiger partial charge in [0, 0.05) is 12.5 Å². The Kier molecular flexibility index (Phi) is 6.43. The molecule has 2 aromatic carbocycles. The van der Waals surface area contributed by atoms with E-state index in [0.717, 1.165) is 5.56 Å². The Morgan fingerprint density at radius 1 is 0.933 bits per heavy atom. The summed E-state index contributed by atoms with van der Waals surface area (Å²) in [5.74, 6) is -0.619. The summed E-state index contributed by atoms with van der Waals surface area (Å²) in [5.41, 5.74) is -2.17. The lowest BCUT2D eigenvalue weighted by atomic mass is 9.88. The van der Waals surface area contributed by atoms with Gasteiger partial charge in [-0.15, -0.1) is 0 Å². The zero-order chi connectivity index (χ0) is 22.1. The first kappa shape index (κ1) is 22.6. The smallest absolute Gasteiger partial charge is 0.370 e. The molecule has 0 unspecified atom stereocenters. The second kappa shape index (κ2) is 8.55. The molecule has 3 atom stereocenters. The molecule has 9 heteroatoms. The number of alkyl halides is 6. The van der Waals surface area contributed by atoms with Crippen molar-refractivity contribution in [3.8, 4) is 0 Å². The number of halogens is 7. The molecule has 1 N–H and O–H groups in total. The van der Waals surface area contributed by atoms with Gasteiger partial charge >= 0.3 is 12.4 Å². The Bertz CT molecular complexity index is 829. The van der Waals surface area contributed by atoms with E-state index in [4.69, 9.17) is 4.74 Å². The maximum atomic E-state index is 13.2. The monoisotopic (exact) mass is 435 g/mol. The molecule has 0 bridgehead atoms. The van der Waals surface area contributed by atoms with E-state index in [0.29, 0.717) is 31.6 Å². The van der Waals surface area contributed by atoms with Crippen LogP contribution in [0.15, 0.2) is 42.5 Å². The summed E-state index contributed by atoms with van der Waals surface area (Å²) in [4.78, 5) is 0. The summed E-state index contributed by atoms with van der Waals surface area (Å²) in [7, 11) is 0. The van der Waals surface area contributed by atoms with Crippen LogP contribution >= 0.6 is 0 Å². The van der Waals surface area contributed by atoms with E-state index in [9.17, 15) is 30.7 Å². The minimum Gasteiger partial charge on any atom is -0.370 e. The average Bonchev–Trinajstić information content (AvgIpc) is 2.67. The number of piperidine rings is 1. The standard InChI is InChI=1S/C21H20F7NO/c1-12(14-8-15(20(23,24)25)10-16(9-14)21(26,27)28)30-19-6-7-29-11-18(19)13-2-4-17(22)5-3-13/h2-5,8-10,12,18-19,29H,6-7,11H2,1H3/t12-,18+,19+/m1/s1. The van der Waals surface area contributed by atoms with Crippen molar-refractivity contribution >= 4 is 0 Å². The molecular weight excluding hydrogens is 415 g/mol. The molecule has 1 aliphatic heterocycles. The van der Waals surface area contributed by atoms with Gasteiger partial charge in [0.1, 0.15) is 5.82 Å². The first-order chi connectivity index (χ1) is 13.9. The molecule has 2 aromatic rings. The first-order valence-corrected chi connectivity index (χ1v) is 9.36. The molecule has 0 radical (unpaired) electrons. The molecule has 0 amide bonds. The lowest BCUT2D eigenvalue weighted by Crippen LogP contribution is -2.40. The Morgan fingerprint density at radius 2 is 1.50 bits per heavy atom. The van der Waals surface area contributed by atoms with E-state index in [2.05, 4.69) is 5.32 Å². The zero-order valence-electron chi connectivity index (χ0n) is 15.9. The summed E-state index contributed by atoms with van der Waals surface area (Å²) in [6.07, 6.45) is -10.8. The van der Waals surface area contributed by atoms with Crippen LogP contribution < -0.4 is 5.32 Å². The van der Waals surface area contributed by atoms with E-state index in [1.165, 1.54) is 19.1 Å². The molecule has 2 nitrogen and oxygen atoms in total. The summed E-state index contributed by atoms with van der Waals surface area (Å²) >= 11 is 0. The fraction of sp³-hybridized carbons (Fsp3) is 0.429. The van der Waals surface area contributed by atoms with Crippen LogP contribution in [0, 0.1) is 5.82 Å². The molecule has 1 fully saturated rings. The number of benzene rings is 2. The van der Waals surface area contributed by atoms with Crippen molar-refractivity contribution in [1.82, 2.24) is 5.32 Å². The zero-order valence-corrected chi connectivity index (χ0v) is 15.9. The minimum atomic E-state index is -4.92. The minimum absolute atomic E-state index is 0.0993. The fourth-order valence-corrected chi connectivity index (χ4v) is 3.59. The first-order valence-electron chi connectivity index (χ1n) is 9.36. The van der Waals surface area contributed by atoms with E-state index in [-0.39, 0.29) is 17.5 Å². The molecule has 164 valence electrons. The van der Waals surface area contributed by atoms with Gasteiger partial charge in [-0.25, -0.2) is 4.39 Å². The molecule has 0 aromatic heterocycles. The van der Waals surface area contributed by atoms with Gasteiger partial charge in [0.05, 0.1) is 23.3 Å². The predicted octanol–water partition coefficient (Wildman–Crippen LogP) is 6.09. The van der Waals surface area contributed by atoms with Crippen molar-refractivity contribution < 1.29 is 35.5 Å². The SMILES string of the molecule is C[C@@H](O[C@H]1CCNC[C@H]1c1ccc(F)cc1)c1cc(C(F)(F)F)cc(C(F)(F)F)c1. The van der Waals surface area contributed by atoms with Crippen molar-refractivity contribution in [3.05, 3.63) is 70.5 Å². The Hall–Kier alpha value is -2.13. The van der Waals surface area contributed by atoms with E-state index in [1.807, 2.05) is 0 Å². The van der Waals surface area contributed by atoms with Gasteiger partial charge in [-0.1, -0.05) is 12.1 Å². The Labute approximate surface area is 169 Å². The van der Waals surface area contributed by atoms with Gasteiger partial charge in [0.25, 0.3) is 0 Å². The van der Waals surface area contributed by atoms with Gasteiger partial charge < -0.3 is 10.1 Å². The highest BCUT2D eigenvalue weighted by atomic mass is 19.4. The van der Waals surface area contributed by atoms with Crippen molar-refractivity contribution in [2.75, 3.05) is 13.1 Å². The number of rotatable bonds is 4. The molecule has 1 saturated heterocycles. The molecule has 1 heterocycles. The van der Waals surface area contributed by atoms with Crippen LogP contribution in [0.3, 0.4) is 0 Å². The molecule has 0 saturated carbocycles. The fourth-order valence-electron chi connectivity index (χ4n) is 3.59. The number of ether oxygens (including phenoxy) is 1. The highest BCUT2D eigenvalue weighted by Gasteiger charge is 2.38. The Morgan fingerprint density at radius 3 is 2.03 bits per heavy atom. The average molecular weight is 435 g/mol. The maximum absolute atomic E-state index is 13.2. The number of nitrogens with one attached hydrogen (secondary N) is 1. The van der Waals surface area contributed by atoms with Gasteiger partial charge in [0.2, 0.25) is 0 Å². The van der Waals surface area contributed by atoms with E-state index in [1.54, 1.807) is 12.1 Å². The third-order valence-electron chi connectivity index (χ3n) is 5.18. The van der Waals surface area contributed by atoms with E-state index < -0.39 is 41.5 Å². The highest BCUT2D eigenvalue weighted by molar-refractivity contribution is 5.35. The van der Waals surface area contributed by atoms with Crippen LogP contribution in [0.25, 0.3) is 0 Å². The second-order valence-corrected chi connectivity index (χ2v) is 7.31. The van der Waals surface area contributed by atoms with Gasteiger partial charge in [-0.3, -0.25) is 0 Å². The molecule has 3 rings (SSSR count). The predicted molar refractivity (Wildman–Crippen MR) is 96.4 cm³/mol. The highest BCUT2D eigenvalue weighted by Crippen LogP contribution is 2.39. The molecule has 30 heavy (non-hydrogen) atoms. The van der Waals surface area contributed by atoms with Crippen LogP contribution in [0.4, 0.5) is 30.7 Å². The quantitative estimate of drug-likeness (QED) is 0.587. The molecule has 0 aliphatic carbocycles. The van der Waals surface area contributed by atoms with Crippen molar-refractivity contribution in [2.45, 2.75) is 43.8 Å². The molecular formula is C21H20F7NO. The van der Waals surface area contributed by atoms with Crippen LogP contribution in [0.5, 0.6) is 0 Å². The maximum Gasteiger partial charge on any atom is 0.416 e. The third kappa shape index (κ3) is 5.31. The number of hydrogen-bond acceptors (Lipinski definition) is 2. The molecule has 0 spiro atoms. The van der Waals surface area contributed by atoms with E-state index >= 15 is 0 Å². The largest absolute Gasteiger partial charge is 0.416 e. The van der Waals surface area contributed by atoms with Crippen LogP contribution in [0.2, 0.25) is 0 Å². The lowest BCUT2D eigenvalue weighted by molar-refractivity contribution is -0.143. The summed E-state index contributed by atoms with van der Waals surface area (Å²) < 4.78 is 97.9. The van der Waals surface area contributed by atoms with Crippen LogP contribution in [-0.4, -0.2) is 19.2 Å². The summed E-state index contributed by atoms with van der Waals surface area (Å²) in [5, 5.41) is 3.18. The lowest BCUT2D eigenvalue weighted by Gasteiger charge is -2.34. The van der Waals surface area contributed by atoms with Gasteiger partial charge in [-0.2, -0.15) is 26.3 Å². The van der Waals surface area contributed by atoms with Crippen molar-refractivity contribution in [1.29, 1.82) is 0 Å². The normalized spacial score (nSPS) is 21.5. The third-order valence-corrected chi connectivity index (χ3v) is 5.18.